The quantitative estimate of drug-likeness (QED) is 0.589. The Bertz CT molecular complexity index is 404. The molecule has 3 rings (SSSR count). The van der Waals surface area contributed by atoms with Crippen molar-refractivity contribution in [3.63, 3.8) is 0 Å². The molecule has 1 aromatic rings. The Balaban J connectivity index is 1.80. The molecule has 4 nitrogen and oxygen atoms in total. The van der Waals surface area contributed by atoms with Gasteiger partial charge in [-0.2, -0.15) is 0 Å². The van der Waals surface area contributed by atoms with Gasteiger partial charge in [0.15, 0.2) is 0 Å². The van der Waals surface area contributed by atoms with Crippen LogP contribution in [0, 0.1) is 11.8 Å². The van der Waals surface area contributed by atoms with Gasteiger partial charge >= 0.3 is 0 Å². The summed E-state index contributed by atoms with van der Waals surface area (Å²) in [5, 5.41) is 16.0. The first-order valence-corrected chi connectivity index (χ1v) is 5.77. The molecule has 2 saturated carbocycles. The number of anilines is 1. The first kappa shape index (κ1) is 9.63. The molecule has 0 aromatic carbocycles. The van der Waals surface area contributed by atoms with E-state index in [1.54, 1.807) is 12.4 Å². The summed E-state index contributed by atoms with van der Waals surface area (Å²) in [6, 6.07) is 4.10. The number of hydrogen-bond acceptors (Lipinski definition) is 4. The zero-order chi connectivity index (χ0) is 11.0. The van der Waals surface area contributed by atoms with Crippen molar-refractivity contribution >= 4 is 11.4 Å². The molecule has 2 bridgehead atoms. The molecule has 0 spiro atoms. The van der Waals surface area contributed by atoms with Gasteiger partial charge in [0.25, 0.3) is 0 Å². The van der Waals surface area contributed by atoms with E-state index in [4.69, 9.17) is 5.21 Å². The van der Waals surface area contributed by atoms with Crippen LogP contribution in [0.5, 0.6) is 0 Å². The maximum atomic E-state index is 9.07. The van der Waals surface area contributed by atoms with E-state index in [2.05, 4.69) is 15.5 Å². The molecule has 3 atom stereocenters. The molecule has 1 aromatic heterocycles. The fourth-order valence-corrected chi connectivity index (χ4v) is 3.05. The van der Waals surface area contributed by atoms with Crippen LogP contribution in [0.3, 0.4) is 0 Å². The van der Waals surface area contributed by atoms with E-state index in [0.717, 1.165) is 17.8 Å². The molecule has 2 aliphatic carbocycles. The van der Waals surface area contributed by atoms with Crippen molar-refractivity contribution in [2.24, 2.45) is 17.0 Å². The van der Waals surface area contributed by atoms with Crippen LogP contribution in [0.2, 0.25) is 0 Å². The largest absolute Gasteiger partial charge is 0.411 e. The SMILES string of the molecule is O/N=C1\C2CCC(C2)C1Nc1cccnc1. The number of nitrogens with zero attached hydrogens (tertiary/aromatic N) is 2. The Morgan fingerprint density at radius 2 is 2.38 bits per heavy atom. The summed E-state index contributed by atoms with van der Waals surface area (Å²) in [6.07, 6.45) is 7.14. The second-order valence-corrected chi connectivity index (χ2v) is 4.66. The van der Waals surface area contributed by atoms with Crippen molar-refractivity contribution in [1.29, 1.82) is 0 Å². The summed E-state index contributed by atoms with van der Waals surface area (Å²) < 4.78 is 0. The smallest absolute Gasteiger partial charge is 0.0826 e. The Kier molecular flexibility index (Phi) is 2.27. The highest BCUT2D eigenvalue weighted by molar-refractivity contribution is 5.96. The number of oxime groups is 1. The van der Waals surface area contributed by atoms with Crippen LogP contribution in [0.15, 0.2) is 29.7 Å². The second kappa shape index (κ2) is 3.77. The summed E-state index contributed by atoms with van der Waals surface area (Å²) in [7, 11) is 0. The second-order valence-electron chi connectivity index (χ2n) is 4.66. The lowest BCUT2D eigenvalue weighted by atomic mass is 9.93. The fraction of sp³-hybridized carbons (Fsp3) is 0.500. The summed E-state index contributed by atoms with van der Waals surface area (Å²) in [5.74, 6) is 1.11. The van der Waals surface area contributed by atoms with E-state index in [1.807, 2.05) is 12.1 Å². The van der Waals surface area contributed by atoms with Gasteiger partial charge in [0.1, 0.15) is 0 Å². The molecular weight excluding hydrogens is 202 g/mol. The molecule has 2 N–H and O–H groups in total. The van der Waals surface area contributed by atoms with E-state index in [1.165, 1.54) is 12.8 Å². The zero-order valence-electron chi connectivity index (χ0n) is 9.00. The summed E-state index contributed by atoms with van der Waals surface area (Å²) in [4.78, 5) is 4.07. The van der Waals surface area contributed by atoms with Gasteiger partial charge in [-0.3, -0.25) is 4.98 Å². The molecular formula is C12H15N3O. The van der Waals surface area contributed by atoms with Gasteiger partial charge in [0.05, 0.1) is 17.4 Å². The highest BCUT2D eigenvalue weighted by atomic mass is 16.4. The molecule has 0 saturated heterocycles. The number of rotatable bonds is 2. The molecule has 0 amide bonds. The topological polar surface area (TPSA) is 57.5 Å². The number of nitrogens with one attached hydrogen (secondary N) is 1. The number of fused-ring (bicyclic) bond motifs is 2. The Labute approximate surface area is 94.4 Å². The predicted molar refractivity (Wildman–Crippen MR) is 61.7 cm³/mol. The van der Waals surface area contributed by atoms with Crippen LogP contribution in [0.1, 0.15) is 19.3 Å². The molecule has 16 heavy (non-hydrogen) atoms. The first-order chi connectivity index (χ1) is 7.88. The lowest BCUT2D eigenvalue weighted by Crippen LogP contribution is -2.35. The summed E-state index contributed by atoms with van der Waals surface area (Å²) >= 11 is 0. The molecule has 4 heteroatoms. The average Bonchev–Trinajstić information content (AvgIpc) is 2.91. The monoisotopic (exact) mass is 217 g/mol. The van der Waals surface area contributed by atoms with Crippen molar-refractivity contribution in [3.05, 3.63) is 24.5 Å². The van der Waals surface area contributed by atoms with Crippen molar-refractivity contribution < 1.29 is 5.21 Å². The summed E-state index contributed by atoms with van der Waals surface area (Å²) in [5.41, 5.74) is 1.93. The maximum Gasteiger partial charge on any atom is 0.0826 e. The molecule has 84 valence electrons. The van der Waals surface area contributed by atoms with E-state index >= 15 is 0 Å². The highest BCUT2D eigenvalue weighted by Gasteiger charge is 2.45. The van der Waals surface area contributed by atoms with Crippen LogP contribution in [0.25, 0.3) is 0 Å². The van der Waals surface area contributed by atoms with Gasteiger partial charge in [-0.25, -0.2) is 0 Å². The molecule has 0 aliphatic heterocycles. The highest BCUT2D eigenvalue weighted by Crippen LogP contribution is 2.43. The van der Waals surface area contributed by atoms with Crippen LogP contribution in [0.4, 0.5) is 5.69 Å². The third-order valence-corrected chi connectivity index (χ3v) is 3.78. The maximum absolute atomic E-state index is 9.07. The van der Waals surface area contributed by atoms with E-state index in [-0.39, 0.29) is 6.04 Å². The molecule has 3 unspecified atom stereocenters. The van der Waals surface area contributed by atoms with Gasteiger partial charge in [0, 0.05) is 18.3 Å². The van der Waals surface area contributed by atoms with Gasteiger partial charge in [0.2, 0.25) is 0 Å². The lowest BCUT2D eigenvalue weighted by molar-refractivity contribution is 0.312. The Morgan fingerprint density at radius 3 is 3.12 bits per heavy atom. The minimum Gasteiger partial charge on any atom is -0.411 e. The van der Waals surface area contributed by atoms with Crippen LogP contribution in [-0.4, -0.2) is 21.9 Å². The van der Waals surface area contributed by atoms with Crippen LogP contribution >= 0.6 is 0 Å². The fourth-order valence-electron chi connectivity index (χ4n) is 3.05. The van der Waals surface area contributed by atoms with E-state index in [9.17, 15) is 0 Å². The molecule has 0 radical (unpaired) electrons. The Morgan fingerprint density at radius 1 is 1.44 bits per heavy atom. The number of hydrogen-bond donors (Lipinski definition) is 2. The van der Waals surface area contributed by atoms with Crippen molar-refractivity contribution in [1.82, 2.24) is 4.98 Å². The molecule has 2 aliphatic rings. The minimum absolute atomic E-state index is 0.202. The van der Waals surface area contributed by atoms with E-state index < -0.39 is 0 Å². The molecule has 2 fully saturated rings. The Hall–Kier alpha value is -1.58. The van der Waals surface area contributed by atoms with Crippen molar-refractivity contribution in [2.45, 2.75) is 25.3 Å². The third-order valence-electron chi connectivity index (χ3n) is 3.78. The first-order valence-electron chi connectivity index (χ1n) is 5.77. The molecule has 1 heterocycles. The van der Waals surface area contributed by atoms with Gasteiger partial charge < -0.3 is 10.5 Å². The standard InChI is InChI=1S/C12H15N3O/c16-15-12-9-4-3-8(6-9)11(12)14-10-2-1-5-13-7-10/h1-2,5,7-9,11,14,16H,3-4,6H2/b15-12+. The lowest BCUT2D eigenvalue weighted by Gasteiger charge is -2.24. The van der Waals surface area contributed by atoms with Crippen LogP contribution in [-0.2, 0) is 0 Å². The minimum atomic E-state index is 0.202. The zero-order valence-corrected chi connectivity index (χ0v) is 9.00. The van der Waals surface area contributed by atoms with Crippen molar-refractivity contribution in [2.75, 3.05) is 5.32 Å². The normalized spacial score (nSPS) is 34.5. The van der Waals surface area contributed by atoms with Gasteiger partial charge in [-0.05, 0) is 37.3 Å². The van der Waals surface area contributed by atoms with Gasteiger partial charge in [-0.1, -0.05) is 5.16 Å². The third kappa shape index (κ3) is 1.45. The van der Waals surface area contributed by atoms with Gasteiger partial charge in [-0.15, -0.1) is 0 Å². The number of pyridine rings is 1. The van der Waals surface area contributed by atoms with Crippen LogP contribution < -0.4 is 5.32 Å². The average molecular weight is 217 g/mol. The van der Waals surface area contributed by atoms with E-state index in [0.29, 0.717) is 11.8 Å². The summed E-state index contributed by atoms with van der Waals surface area (Å²) in [6.45, 7) is 0. The number of aromatic nitrogens is 1. The van der Waals surface area contributed by atoms with Crippen molar-refractivity contribution in [3.8, 4) is 0 Å². The predicted octanol–water partition coefficient (Wildman–Crippen LogP) is 2.12.